The van der Waals surface area contributed by atoms with Gasteiger partial charge in [-0.1, -0.05) is 16.8 Å². The van der Waals surface area contributed by atoms with Crippen LogP contribution in [0.4, 0.5) is 5.69 Å². The highest BCUT2D eigenvalue weighted by atomic mass is 35.5. The second-order valence-corrected chi connectivity index (χ2v) is 5.66. The Hall–Kier alpha value is -3.14. The fraction of sp³-hybridized carbons (Fsp3) is 0.267. The number of carbonyl (C=O) groups is 1. The number of carbonyl (C=O) groups excluding carboxylic acids is 1. The average molecular weight is 382 g/mol. The van der Waals surface area contributed by atoms with E-state index in [1.54, 1.807) is 12.1 Å². The first kappa shape index (κ1) is 19.2. The first-order valence-electron chi connectivity index (χ1n) is 7.30. The van der Waals surface area contributed by atoms with Crippen molar-refractivity contribution in [3.8, 4) is 5.75 Å². The van der Waals surface area contributed by atoms with Crippen molar-refractivity contribution in [3.63, 3.8) is 0 Å². The third-order valence-electron chi connectivity index (χ3n) is 3.49. The second kappa shape index (κ2) is 7.83. The van der Waals surface area contributed by atoms with Crippen molar-refractivity contribution in [1.82, 2.24) is 9.78 Å². The van der Waals surface area contributed by atoms with Gasteiger partial charge in [0.2, 0.25) is 0 Å². The van der Waals surface area contributed by atoms with Gasteiger partial charge in [-0.15, -0.1) is 0 Å². The van der Waals surface area contributed by atoms with Gasteiger partial charge in [-0.25, -0.2) is 4.79 Å². The van der Waals surface area contributed by atoms with Crippen LogP contribution in [0.5, 0.6) is 5.75 Å². The Morgan fingerprint density at radius 2 is 2.15 bits per heavy atom. The van der Waals surface area contributed by atoms with E-state index >= 15 is 0 Å². The molecule has 26 heavy (non-hydrogen) atoms. The fourth-order valence-corrected chi connectivity index (χ4v) is 2.46. The van der Waals surface area contributed by atoms with Crippen LogP contribution in [0, 0.1) is 24.0 Å². The largest absolute Gasteiger partial charge is 0.496 e. The summed E-state index contributed by atoms with van der Waals surface area (Å²) in [6.45, 7) is 2.61. The van der Waals surface area contributed by atoms with Crippen LogP contribution in [0.25, 0.3) is 0 Å². The summed E-state index contributed by atoms with van der Waals surface area (Å²) in [4.78, 5) is 27.1. The van der Waals surface area contributed by atoms with E-state index in [-0.39, 0.29) is 29.5 Å². The summed E-state index contributed by atoms with van der Waals surface area (Å²) >= 11 is 5.91. The van der Waals surface area contributed by atoms with E-state index < -0.39 is 10.9 Å². The molecule has 1 aromatic carbocycles. The number of methoxy groups -OCH3 is 1. The van der Waals surface area contributed by atoms with Crippen LogP contribution in [0.1, 0.15) is 17.0 Å². The Kier molecular flexibility index (Phi) is 5.78. The van der Waals surface area contributed by atoms with E-state index in [9.17, 15) is 14.9 Å². The molecule has 1 heterocycles. The lowest BCUT2D eigenvalue weighted by molar-refractivity contribution is -0.386. The van der Waals surface area contributed by atoms with E-state index in [0.29, 0.717) is 16.3 Å². The molecule has 2 N–H and O–H groups in total. The van der Waals surface area contributed by atoms with Crippen molar-refractivity contribution in [1.29, 1.82) is 0 Å². The zero-order chi connectivity index (χ0) is 19.4. The van der Waals surface area contributed by atoms with E-state index in [2.05, 4.69) is 10.3 Å². The van der Waals surface area contributed by atoms with E-state index in [1.807, 2.05) is 0 Å². The molecule has 0 radical (unpaired) electrons. The molecule has 1 aromatic heterocycles. The van der Waals surface area contributed by atoms with Crippen molar-refractivity contribution in [2.24, 2.45) is 10.9 Å². The number of hydrogen-bond acceptors (Lipinski definition) is 7. The van der Waals surface area contributed by atoms with Crippen molar-refractivity contribution < 1.29 is 19.3 Å². The normalized spacial score (nSPS) is 11.3. The molecule has 0 fully saturated rings. The Labute approximate surface area is 153 Å². The number of hydrogen-bond donors (Lipinski definition) is 1. The number of ether oxygens (including phenoxy) is 1. The number of nitrogens with zero attached hydrogens (tertiary/aromatic N) is 4. The predicted molar refractivity (Wildman–Crippen MR) is 93.2 cm³/mol. The molecule has 0 amide bonds. The van der Waals surface area contributed by atoms with Crippen molar-refractivity contribution >= 4 is 29.1 Å². The lowest BCUT2D eigenvalue weighted by atomic mass is 10.2. The molecule has 0 saturated heterocycles. The van der Waals surface area contributed by atoms with Crippen molar-refractivity contribution in [2.75, 3.05) is 7.11 Å². The number of nitrogens with two attached hydrogens (primary N) is 1. The summed E-state index contributed by atoms with van der Waals surface area (Å²) in [5, 5.41) is 18.9. The fourth-order valence-electron chi connectivity index (χ4n) is 2.29. The molecule has 2 aromatic rings. The molecule has 0 aliphatic heterocycles. The molecular weight excluding hydrogens is 366 g/mol. The van der Waals surface area contributed by atoms with Crippen LogP contribution in [-0.2, 0) is 16.2 Å². The maximum absolute atomic E-state index is 11.9. The highest BCUT2D eigenvalue weighted by Crippen LogP contribution is 2.23. The Morgan fingerprint density at radius 1 is 1.46 bits per heavy atom. The second-order valence-electron chi connectivity index (χ2n) is 5.22. The van der Waals surface area contributed by atoms with Crippen molar-refractivity contribution in [3.05, 3.63) is 50.3 Å². The molecule has 0 unspecified atom stereocenters. The summed E-state index contributed by atoms with van der Waals surface area (Å²) in [5.41, 5.74) is 6.44. The minimum atomic E-state index is -0.797. The zero-order valence-corrected chi connectivity index (χ0v) is 15.0. The quantitative estimate of drug-likeness (QED) is 0.265. The highest BCUT2D eigenvalue weighted by Gasteiger charge is 2.23. The average Bonchev–Trinajstić information content (AvgIpc) is 2.86. The van der Waals surface area contributed by atoms with Crippen LogP contribution < -0.4 is 10.5 Å². The standard InChI is InChI=1S/C15H16ClN5O5/c1-8-14(21(23)24)9(2)20(18-8)7-13(22)26-19-15(17)11-6-10(16)4-5-12(11)25-3/h4-6H,7H2,1-3H3,(H2,17,19). The number of amidine groups is 1. The van der Waals surface area contributed by atoms with Crippen LogP contribution in [-0.4, -0.2) is 33.6 Å². The molecule has 11 heteroatoms. The lowest BCUT2D eigenvalue weighted by Gasteiger charge is -2.08. The number of oxime groups is 1. The summed E-state index contributed by atoms with van der Waals surface area (Å²) in [6, 6.07) is 4.72. The third kappa shape index (κ3) is 4.09. The van der Waals surface area contributed by atoms with Gasteiger partial charge in [-0.05, 0) is 32.0 Å². The van der Waals surface area contributed by atoms with Gasteiger partial charge in [-0.2, -0.15) is 5.10 Å². The Bertz CT molecular complexity index is 893. The monoisotopic (exact) mass is 381 g/mol. The topological polar surface area (TPSA) is 135 Å². The van der Waals surface area contributed by atoms with Gasteiger partial charge < -0.3 is 15.3 Å². The summed E-state index contributed by atoms with van der Waals surface area (Å²) < 4.78 is 6.31. The zero-order valence-electron chi connectivity index (χ0n) is 14.2. The number of nitro groups is 1. The predicted octanol–water partition coefficient (Wildman–Crippen LogP) is 1.93. The molecule has 0 spiro atoms. The molecule has 138 valence electrons. The molecule has 0 bridgehead atoms. The van der Waals surface area contributed by atoms with Gasteiger partial charge in [0, 0.05) is 5.02 Å². The Balaban J connectivity index is 2.14. The van der Waals surface area contributed by atoms with Gasteiger partial charge in [0.1, 0.15) is 23.7 Å². The third-order valence-corrected chi connectivity index (χ3v) is 3.72. The van der Waals surface area contributed by atoms with Crippen LogP contribution in [0.2, 0.25) is 5.02 Å². The molecule has 10 nitrogen and oxygen atoms in total. The lowest BCUT2D eigenvalue weighted by Crippen LogP contribution is -2.19. The van der Waals surface area contributed by atoms with E-state index in [4.69, 9.17) is 26.9 Å². The maximum Gasteiger partial charge on any atom is 0.356 e. The van der Waals surface area contributed by atoms with Crippen LogP contribution in [0.3, 0.4) is 0 Å². The minimum absolute atomic E-state index is 0.114. The molecule has 0 atom stereocenters. The first-order valence-corrected chi connectivity index (χ1v) is 7.68. The molecule has 2 rings (SSSR count). The van der Waals surface area contributed by atoms with E-state index in [0.717, 1.165) is 0 Å². The van der Waals surface area contributed by atoms with Gasteiger partial charge in [0.25, 0.3) is 0 Å². The van der Waals surface area contributed by atoms with Gasteiger partial charge in [0.15, 0.2) is 5.84 Å². The van der Waals surface area contributed by atoms with Crippen LogP contribution >= 0.6 is 11.6 Å². The number of aromatic nitrogens is 2. The smallest absolute Gasteiger partial charge is 0.356 e. The number of benzene rings is 1. The molecule has 0 aliphatic carbocycles. The van der Waals surface area contributed by atoms with Crippen LogP contribution in [0.15, 0.2) is 23.4 Å². The summed E-state index contributed by atoms with van der Waals surface area (Å²) in [5.74, 6) is -0.507. The number of halogens is 1. The summed E-state index contributed by atoms with van der Waals surface area (Å²) in [6.07, 6.45) is 0. The van der Waals surface area contributed by atoms with E-state index in [1.165, 1.54) is 31.7 Å². The SMILES string of the molecule is COc1ccc(Cl)cc1/C(N)=N/OC(=O)Cn1nc(C)c([N+](=O)[O-])c1C. The van der Waals surface area contributed by atoms with Gasteiger partial charge in [-0.3, -0.25) is 14.8 Å². The van der Waals surface area contributed by atoms with Gasteiger partial charge >= 0.3 is 11.7 Å². The Morgan fingerprint density at radius 3 is 2.73 bits per heavy atom. The van der Waals surface area contributed by atoms with Gasteiger partial charge in [0.05, 0.1) is 17.6 Å². The summed E-state index contributed by atoms with van der Waals surface area (Å²) in [7, 11) is 1.45. The molecular formula is C15H16ClN5O5. The molecule has 0 saturated carbocycles. The van der Waals surface area contributed by atoms with Crippen molar-refractivity contribution in [2.45, 2.75) is 20.4 Å². The number of rotatable bonds is 6. The minimum Gasteiger partial charge on any atom is -0.496 e. The first-order chi connectivity index (χ1) is 12.2. The maximum atomic E-state index is 11.9. The highest BCUT2D eigenvalue weighted by molar-refractivity contribution is 6.31. The molecule has 0 aliphatic rings. The number of aryl methyl sites for hydroxylation is 1.